The molecule has 1 aliphatic carbocycles. The lowest BCUT2D eigenvalue weighted by Crippen LogP contribution is -2.15. The second-order valence-electron chi connectivity index (χ2n) is 10.2. The van der Waals surface area contributed by atoms with Gasteiger partial charge in [0, 0.05) is 23.2 Å². The van der Waals surface area contributed by atoms with Crippen molar-refractivity contribution in [3.8, 4) is 0 Å². The topological polar surface area (TPSA) is 63.6 Å². The zero-order valence-corrected chi connectivity index (χ0v) is 23.1. The Morgan fingerprint density at radius 1 is 1.03 bits per heavy atom. The van der Waals surface area contributed by atoms with E-state index in [0.29, 0.717) is 18.8 Å². The first-order chi connectivity index (χ1) is 18.6. The first kappa shape index (κ1) is 27.6. The quantitative estimate of drug-likeness (QED) is 0.177. The molecule has 0 radical (unpaired) electrons. The summed E-state index contributed by atoms with van der Waals surface area (Å²) in [6, 6.07) is 16.5. The van der Waals surface area contributed by atoms with Gasteiger partial charge in [0.15, 0.2) is 5.82 Å². The average molecular weight is 512 g/mol. The lowest BCUT2D eigenvalue weighted by atomic mass is 9.89. The lowest BCUT2D eigenvalue weighted by molar-refractivity contribution is -0.140. The molecule has 1 heterocycles. The molecule has 1 N–H and O–H groups in total. The van der Waals surface area contributed by atoms with Gasteiger partial charge in [-0.1, -0.05) is 55.8 Å². The van der Waals surface area contributed by atoms with Crippen molar-refractivity contribution in [1.29, 1.82) is 0 Å². The van der Waals surface area contributed by atoms with E-state index >= 15 is 0 Å². The number of hydrogen-bond donors (Lipinski definition) is 1. The van der Waals surface area contributed by atoms with Crippen LogP contribution in [0.4, 0.5) is 17.2 Å². The predicted octanol–water partition coefficient (Wildman–Crippen LogP) is 8.79. The molecule has 0 fully saturated rings. The molecule has 0 bridgehead atoms. The Labute approximate surface area is 227 Å². The van der Waals surface area contributed by atoms with Crippen LogP contribution in [0.25, 0.3) is 10.9 Å². The third-order valence-corrected chi connectivity index (χ3v) is 7.43. The van der Waals surface area contributed by atoms with Crippen LogP contribution in [0.1, 0.15) is 75.8 Å². The van der Waals surface area contributed by atoms with Gasteiger partial charge < -0.3 is 10.1 Å². The smallest absolute Gasteiger partial charge is 0.305 e. The van der Waals surface area contributed by atoms with Crippen molar-refractivity contribution in [3.63, 3.8) is 0 Å². The number of aliphatic imine (C=N–C) groups is 1. The van der Waals surface area contributed by atoms with Gasteiger partial charge in [-0.3, -0.25) is 9.79 Å². The van der Waals surface area contributed by atoms with Crippen LogP contribution < -0.4 is 5.32 Å². The molecular weight excluding hydrogens is 470 g/mol. The summed E-state index contributed by atoms with van der Waals surface area (Å²) in [5.41, 5.74) is 6.44. The van der Waals surface area contributed by atoms with Crippen molar-refractivity contribution in [3.05, 3.63) is 71.8 Å². The van der Waals surface area contributed by atoms with E-state index in [9.17, 15) is 4.79 Å². The van der Waals surface area contributed by atoms with Gasteiger partial charge in [-0.05, 0) is 93.5 Å². The number of methoxy groups -OCH3 is 1. The molecule has 0 saturated heterocycles. The van der Waals surface area contributed by atoms with Crippen molar-refractivity contribution in [2.24, 2.45) is 10.9 Å². The number of nitrogens with one attached hydrogen (secondary N) is 1. The van der Waals surface area contributed by atoms with E-state index in [1.807, 2.05) is 18.2 Å². The maximum atomic E-state index is 11.5. The molecule has 1 aromatic heterocycles. The summed E-state index contributed by atoms with van der Waals surface area (Å²) in [5.74, 6) is 1.12. The molecule has 0 aliphatic heterocycles. The normalized spacial score (nSPS) is 15.9. The number of ether oxygens (including phenoxy) is 1. The fourth-order valence-corrected chi connectivity index (χ4v) is 5.26. The number of aromatic nitrogens is 1. The molecule has 5 heteroatoms. The van der Waals surface area contributed by atoms with Crippen LogP contribution in [-0.2, 0) is 16.0 Å². The first-order valence-electron chi connectivity index (χ1n) is 14.1. The van der Waals surface area contributed by atoms with E-state index in [2.05, 4.69) is 61.6 Å². The number of anilines is 2. The highest BCUT2D eigenvalue weighted by atomic mass is 16.5. The Balaban J connectivity index is 1.68. The van der Waals surface area contributed by atoms with Crippen LogP contribution in [0.15, 0.2) is 65.7 Å². The minimum atomic E-state index is -0.190. The standard InChI is InChI=1S/C33H41N3O2/c1-4-13-29(26-14-9-7-5-6-8-10-15-26)35-32-24(2)28-16-11-12-17-30(28)36-33(32)34-27-21-18-25(19-22-27)20-23-31(37)38-3/h5-6,11-12,16-19,21-22,26H,4,7-10,13-15,20,23H2,1-3H3,(H,34,36)/b6-5-,35-29+. The number of pyridine rings is 1. The number of hydrogen-bond acceptors (Lipinski definition) is 5. The maximum absolute atomic E-state index is 11.5. The van der Waals surface area contributed by atoms with Crippen molar-refractivity contribution in [2.75, 3.05) is 12.4 Å². The van der Waals surface area contributed by atoms with E-state index in [0.717, 1.165) is 64.9 Å². The molecule has 4 rings (SSSR count). The Morgan fingerprint density at radius 2 is 1.74 bits per heavy atom. The van der Waals surface area contributed by atoms with Gasteiger partial charge >= 0.3 is 5.97 Å². The van der Waals surface area contributed by atoms with Crippen LogP contribution in [-0.4, -0.2) is 23.8 Å². The van der Waals surface area contributed by atoms with Gasteiger partial charge in [0.2, 0.25) is 0 Å². The molecule has 5 nitrogen and oxygen atoms in total. The maximum Gasteiger partial charge on any atom is 0.305 e. The minimum Gasteiger partial charge on any atom is -0.469 e. The Hall–Kier alpha value is -3.47. The molecular formula is C33H41N3O2. The SMILES string of the molecule is CCC/C(=N\c1c(Nc2ccc(CCC(=O)OC)cc2)nc2ccccc2c1C)C1CCC/C=C\CCC1. The van der Waals surface area contributed by atoms with E-state index in [1.54, 1.807) is 0 Å². The number of carbonyl (C=O) groups excluding carboxylic acids is 1. The fourth-order valence-electron chi connectivity index (χ4n) is 5.26. The molecule has 3 aromatic rings. The van der Waals surface area contributed by atoms with Crippen LogP contribution in [0.3, 0.4) is 0 Å². The van der Waals surface area contributed by atoms with Gasteiger partial charge in [-0.2, -0.15) is 0 Å². The largest absolute Gasteiger partial charge is 0.469 e. The van der Waals surface area contributed by atoms with Crippen molar-refractivity contribution >= 4 is 39.8 Å². The molecule has 38 heavy (non-hydrogen) atoms. The van der Waals surface area contributed by atoms with E-state index < -0.39 is 0 Å². The van der Waals surface area contributed by atoms with E-state index in [-0.39, 0.29) is 5.97 Å². The second-order valence-corrected chi connectivity index (χ2v) is 10.2. The average Bonchev–Trinajstić information content (AvgIpc) is 3.08. The van der Waals surface area contributed by atoms with Crippen LogP contribution in [0, 0.1) is 12.8 Å². The number of nitrogens with zero attached hydrogens (tertiary/aromatic N) is 2. The predicted molar refractivity (Wildman–Crippen MR) is 159 cm³/mol. The molecule has 2 aromatic carbocycles. The van der Waals surface area contributed by atoms with Gasteiger partial charge in [0.05, 0.1) is 12.6 Å². The van der Waals surface area contributed by atoms with E-state index in [1.165, 1.54) is 38.5 Å². The number of fused-ring (bicyclic) bond motifs is 1. The van der Waals surface area contributed by atoms with Crippen LogP contribution in [0.2, 0.25) is 0 Å². The molecule has 0 spiro atoms. The lowest BCUT2D eigenvalue weighted by Gasteiger charge is -2.21. The fraction of sp³-hybridized carbons (Fsp3) is 0.424. The summed E-state index contributed by atoms with van der Waals surface area (Å²) in [7, 11) is 1.43. The number of esters is 1. The Bertz CT molecular complexity index is 1270. The Morgan fingerprint density at radius 3 is 2.42 bits per heavy atom. The van der Waals surface area contributed by atoms with Crippen LogP contribution in [0.5, 0.6) is 0 Å². The molecule has 0 atom stereocenters. The summed E-state index contributed by atoms with van der Waals surface area (Å²) in [5, 5.41) is 4.71. The number of allylic oxidation sites excluding steroid dienone is 2. The second kappa shape index (κ2) is 13.9. The van der Waals surface area contributed by atoms with E-state index in [4.69, 9.17) is 14.7 Å². The number of benzene rings is 2. The van der Waals surface area contributed by atoms with Crippen molar-refractivity contribution in [2.45, 2.75) is 78.1 Å². The molecule has 0 unspecified atom stereocenters. The third-order valence-electron chi connectivity index (χ3n) is 7.43. The molecule has 1 aliphatic rings. The van der Waals surface area contributed by atoms with Crippen molar-refractivity contribution in [1.82, 2.24) is 4.98 Å². The molecule has 0 amide bonds. The summed E-state index contributed by atoms with van der Waals surface area (Å²) in [6.07, 6.45) is 15.0. The summed E-state index contributed by atoms with van der Waals surface area (Å²) < 4.78 is 4.77. The highest BCUT2D eigenvalue weighted by Crippen LogP contribution is 2.36. The monoisotopic (exact) mass is 511 g/mol. The summed E-state index contributed by atoms with van der Waals surface area (Å²) in [4.78, 5) is 22.0. The van der Waals surface area contributed by atoms with Gasteiger partial charge in [0.1, 0.15) is 5.69 Å². The number of aryl methyl sites for hydroxylation is 2. The summed E-state index contributed by atoms with van der Waals surface area (Å²) >= 11 is 0. The van der Waals surface area contributed by atoms with Crippen molar-refractivity contribution < 1.29 is 9.53 Å². The first-order valence-corrected chi connectivity index (χ1v) is 14.1. The van der Waals surface area contributed by atoms with Crippen LogP contribution >= 0.6 is 0 Å². The summed E-state index contributed by atoms with van der Waals surface area (Å²) in [6.45, 7) is 4.42. The molecule has 200 valence electrons. The number of para-hydroxylation sites is 1. The number of rotatable bonds is 9. The Kier molecular flexibility index (Phi) is 10.1. The third kappa shape index (κ3) is 7.31. The highest BCUT2D eigenvalue weighted by Gasteiger charge is 2.19. The zero-order valence-electron chi connectivity index (χ0n) is 23.1. The highest BCUT2D eigenvalue weighted by molar-refractivity contribution is 5.96. The minimum absolute atomic E-state index is 0.190. The number of carbonyl (C=O) groups is 1. The van der Waals surface area contributed by atoms with Gasteiger partial charge in [-0.25, -0.2) is 4.98 Å². The zero-order chi connectivity index (χ0) is 26.7. The van der Waals surface area contributed by atoms with Gasteiger partial charge in [0.25, 0.3) is 0 Å². The van der Waals surface area contributed by atoms with Gasteiger partial charge in [-0.15, -0.1) is 0 Å². The molecule has 0 saturated carbocycles.